The second-order valence-corrected chi connectivity index (χ2v) is 4.33. The molecule has 76 valence electrons. The van der Waals surface area contributed by atoms with Gasteiger partial charge in [0.25, 0.3) is 0 Å². The fourth-order valence-corrected chi connectivity index (χ4v) is 1.44. The molecule has 0 aliphatic rings. The van der Waals surface area contributed by atoms with Crippen molar-refractivity contribution in [1.29, 1.82) is 5.41 Å². The van der Waals surface area contributed by atoms with Crippen LogP contribution in [0.1, 0.15) is 47.5 Å². The van der Waals surface area contributed by atoms with E-state index < -0.39 is 0 Å². The predicted molar refractivity (Wildman–Crippen MR) is 60.4 cm³/mol. The minimum atomic E-state index is -0.128. The van der Waals surface area contributed by atoms with Crippen molar-refractivity contribution in [2.45, 2.75) is 47.5 Å². The summed E-state index contributed by atoms with van der Waals surface area (Å²) >= 11 is 0. The summed E-state index contributed by atoms with van der Waals surface area (Å²) in [5.74, 6) is 0.423. The number of allylic oxidation sites excluding steroid dienone is 1. The lowest BCUT2D eigenvalue weighted by atomic mass is 9.74. The van der Waals surface area contributed by atoms with Gasteiger partial charge in [-0.25, -0.2) is 0 Å². The molecule has 0 rings (SSSR count). The van der Waals surface area contributed by atoms with Crippen molar-refractivity contribution in [3.05, 3.63) is 12.2 Å². The molecule has 0 spiro atoms. The van der Waals surface area contributed by atoms with Crippen LogP contribution >= 0.6 is 0 Å². The van der Waals surface area contributed by atoms with Crippen LogP contribution in [0, 0.1) is 16.7 Å². The summed E-state index contributed by atoms with van der Waals surface area (Å²) < 4.78 is 0. The van der Waals surface area contributed by atoms with Crippen molar-refractivity contribution >= 4 is 5.71 Å². The van der Waals surface area contributed by atoms with Gasteiger partial charge in [0.15, 0.2) is 0 Å². The van der Waals surface area contributed by atoms with E-state index in [0.29, 0.717) is 5.92 Å². The number of nitrogens with one attached hydrogen (secondary N) is 1. The fraction of sp³-hybridized carbons (Fsp3) is 0.750. The van der Waals surface area contributed by atoms with Gasteiger partial charge >= 0.3 is 0 Å². The monoisotopic (exact) mass is 181 g/mol. The summed E-state index contributed by atoms with van der Waals surface area (Å²) in [6.45, 7) is 14.5. The van der Waals surface area contributed by atoms with Crippen molar-refractivity contribution in [1.82, 2.24) is 0 Å². The van der Waals surface area contributed by atoms with E-state index >= 15 is 0 Å². The largest absolute Gasteiger partial charge is 0.309 e. The Labute approximate surface area is 82.7 Å². The standard InChI is InChI=1S/C12H23N/c1-7-10(8-2)11(13)12(5,6)9(3)4/h10,13H,3,7-8H2,1-2,4-6H3. The minimum absolute atomic E-state index is 0.128. The molecular weight excluding hydrogens is 158 g/mol. The Kier molecular flexibility index (Phi) is 4.38. The zero-order valence-electron chi connectivity index (χ0n) is 9.70. The van der Waals surface area contributed by atoms with Crippen LogP contribution in [0.2, 0.25) is 0 Å². The Morgan fingerprint density at radius 2 is 1.69 bits per heavy atom. The van der Waals surface area contributed by atoms with Gasteiger partial charge in [-0.3, -0.25) is 0 Å². The topological polar surface area (TPSA) is 23.9 Å². The lowest BCUT2D eigenvalue weighted by molar-refractivity contribution is 0.532. The summed E-state index contributed by atoms with van der Waals surface area (Å²) in [5, 5.41) is 8.12. The molecular formula is C12H23N. The second-order valence-electron chi connectivity index (χ2n) is 4.33. The van der Waals surface area contributed by atoms with Crippen LogP contribution in [0.15, 0.2) is 12.2 Å². The summed E-state index contributed by atoms with van der Waals surface area (Å²) in [5.41, 5.74) is 1.80. The van der Waals surface area contributed by atoms with E-state index in [0.717, 1.165) is 24.1 Å². The summed E-state index contributed by atoms with van der Waals surface area (Å²) in [7, 11) is 0. The lowest BCUT2D eigenvalue weighted by Gasteiger charge is -2.30. The highest BCUT2D eigenvalue weighted by atomic mass is 14.5. The average molecular weight is 181 g/mol. The van der Waals surface area contributed by atoms with Crippen LogP contribution in [-0.4, -0.2) is 5.71 Å². The third kappa shape index (κ3) is 2.68. The average Bonchev–Trinajstić information content (AvgIpc) is 2.06. The van der Waals surface area contributed by atoms with Gasteiger partial charge in [-0.2, -0.15) is 0 Å². The summed E-state index contributed by atoms with van der Waals surface area (Å²) in [6.07, 6.45) is 2.12. The number of hydrogen-bond acceptors (Lipinski definition) is 1. The molecule has 13 heavy (non-hydrogen) atoms. The maximum atomic E-state index is 8.12. The van der Waals surface area contributed by atoms with Crippen LogP contribution in [0.4, 0.5) is 0 Å². The van der Waals surface area contributed by atoms with E-state index in [-0.39, 0.29) is 5.41 Å². The van der Waals surface area contributed by atoms with E-state index in [1.54, 1.807) is 0 Å². The minimum Gasteiger partial charge on any atom is -0.309 e. The molecule has 1 heteroatoms. The first kappa shape index (κ1) is 12.4. The highest BCUT2D eigenvalue weighted by molar-refractivity contribution is 5.91. The highest BCUT2D eigenvalue weighted by Gasteiger charge is 2.28. The molecule has 0 amide bonds. The van der Waals surface area contributed by atoms with Crippen LogP contribution in [0.3, 0.4) is 0 Å². The van der Waals surface area contributed by atoms with Crippen LogP contribution in [0.25, 0.3) is 0 Å². The molecule has 0 fully saturated rings. The normalized spacial score (nSPS) is 11.8. The Morgan fingerprint density at radius 1 is 1.31 bits per heavy atom. The van der Waals surface area contributed by atoms with E-state index in [4.69, 9.17) is 5.41 Å². The van der Waals surface area contributed by atoms with Gasteiger partial charge in [-0.15, -0.1) is 0 Å². The molecule has 0 saturated carbocycles. The van der Waals surface area contributed by atoms with Crippen LogP contribution < -0.4 is 0 Å². The summed E-state index contributed by atoms with van der Waals surface area (Å²) in [4.78, 5) is 0. The molecule has 0 heterocycles. The Hall–Kier alpha value is -0.590. The van der Waals surface area contributed by atoms with Gasteiger partial charge in [0.1, 0.15) is 0 Å². The first-order valence-electron chi connectivity index (χ1n) is 5.12. The second kappa shape index (κ2) is 4.59. The van der Waals surface area contributed by atoms with Gasteiger partial charge in [0.05, 0.1) is 0 Å². The molecule has 0 bridgehead atoms. The molecule has 0 aliphatic heterocycles. The fourth-order valence-electron chi connectivity index (χ4n) is 1.44. The van der Waals surface area contributed by atoms with Gasteiger partial charge in [0, 0.05) is 11.1 Å². The van der Waals surface area contributed by atoms with Gasteiger partial charge < -0.3 is 5.41 Å². The molecule has 0 aliphatic carbocycles. The van der Waals surface area contributed by atoms with E-state index in [9.17, 15) is 0 Å². The Balaban J connectivity index is 4.66. The molecule has 0 radical (unpaired) electrons. The first-order chi connectivity index (χ1) is 5.87. The first-order valence-corrected chi connectivity index (χ1v) is 5.12. The van der Waals surface area contributed by atoms with E-state index in [2.05, 4.69) is 34.3 Å². The van der Waals surface area contributed by atoms with Crippen molar-refractivity contribution in [2.75, 3.05) is 0 Å². The predicted octanol–water partition coefficient (Wildman–Crippen LogP) is 4.04. The highest BCUT2D eigenvalue weighted by Crippen LogP contribution is 2.31. The zero-order valence-corrected chi connectivity index (χ0v) is 9.70. The maximum Gasteiger partial charge on any atom is 0.0229 e. The summed E-state index contributed by atoms with van der Waals surface area (Å²) in [6, 6.07) is 0. The smallest absolute Gasteiger partial charge is 0.0229 e. The molecule has 0 saturated heterocycles. The zero-order chi connectivity index (χ0) is 10.6. The molecule has 0 aromatic heterocycles. The van der Waals surface area contributed by atoms with Gasteiger partial charge in [-0.1, -0.05) is 39.8 Å². The maximum absolute atomic E-state index is 8.12. The third-order valence-electron chi connectivity index (χ3n) is 3.13. The molecule has 0 unspecified atom stereocenters. The number of hydrogen-bond donors (Lipinski definition) is 1. The third-order valence-corrected chi connectivity index (χ3v) is 3.13. The van der Waals surface area contributed by atoms with Crippen molar-refractivity contribution in [3.8, 4) is 0 Å². The van der Waals surface area contributed by atoms with E-state index in [1.807, 2.05) is 6.92 Å². The van der Waals surface area contributed by atoms with Crippen molar-refractivity contribution < 1.29 is 0 Å². The SMILES string of the molecule is C=C(C)C(C)(C)C(=N)C(CC)CC. The molecule has 0 aromatic rings. The van der Waals surface area contributed by atoms with E-state index in [1.165, 1.54) is 0 Å². The Morgan fingerprint density at radius 3 is 1.92 bits per heavy atom. The lowest BCUT2D eigenvalue weighted by Crippen LogP contribution is -2.30. The molecule has 0 atom stereocenters. The number of rotatable bonds is 5. The molecule has 1 N–H and O–H groups in total. The molecule has 1 nitrogen and oxygen atoms in total. The van der Waals surface area contributed by atoms with Crippen LogP contribution in [0.5, 0.6) is 0 Å². The van der Waals surface area contributed by atoms with Gasteiger partial charge in [-0.05, 0) is 25.7 Å². The van der Waals surface area contributed by atoms with Crippen LogP contribution in [-0.2, 0) is 0 Å². The quantitative estimate of drug-likeness (QED) is 0.489. The van der Waals surface area contributed by atoms with Gasteiger partial charge in [0.2, 0.25) is 0 Å². The van der Waals surface area contributed by atoms with Crippen molar-refractivity contribution in [2.24, 2.45) is 11.3 Å². The van der Waals surface area contributed by atoms with Crippen molar-refractivity contribution in [3.63, 3.8) is 0 Å². The Bertz CT molecular complexity index is 197. The molecule has 0 aromatic carbocycles.